The Bertz CT molecular complexity index is 574. The van der Waals surface area contributed by atoms with E-state index in [4.69, 9.17) is 10.5 Å². The first kappa shape index (κ1) is 13.3. The van der Waals surface area contributed by atoms with Crippen LogP contribution >= 0.6 is 0 Å². The maximum absolute atomic E-state index is 5.93. The molecule has 20 heavy (non-hydrogen) atoms. The van der Waals surface area contributed by atoms with E-state index in [9.17, 15) is 0 Å². The number of hydrogen-bond donors (Lipinski definition) is 1. The van der Waals surface area contributed by atoms with Crippen molar-refractivity contribution in [1.82, 2.24) is 4.57 Å². The molecular formula is C17H22N2O. The molecular weight excluding hydrogens is 248 g/mol. The number of benzene rings is 1. The molecule has 0 saturated heterocycles. The lowest BCUT2D eigenvalue weighted by molar-refractivity contribution is 0.258. The first-order valence-electron chi connectivity index (χ1n) is 7.35. The molecule has 106 valence electrons. The highest BCUT2D eigenvalue weighted by molar-refractivity contribution is 5.37. The standard InChI is InChI=1S/C17H22N2O/c1-13(18)11-15-5-4-9-19(15)12-14-8-10-20-17-7-3-2-6-16(14)17/h2-7,9,13-14H,8,10-12,18H2,1H3. The van der Waals surface area contributed by atoms with Crippen LogP contribution < -0.4 is 10.5 Å². The summed E-state index contributed by atoms with van der Waals surface area (Å²) in [7, 11) is 0. The zero-order valence-corrected chi connectivity index (χ0v) is 12.0. The summed E-state index contributed by atoms with van der Waals surface area (Å²) in [4.78, 5) is 0. The van der Waals surface area contributed by atoms with Crippen LogP contribution in [0.15, 0.2) is 42.6 Å². The molecule has 0 radical (unpaired) electrons. The third-order valence-corrected chi connectivity index (χ3v) is 3.95. The minimum atomic E-state index is 0.200. The number of hydrogen-bond acceptors (Lipinski definition) is 2. The van der Waals surface area contributed by atoms with Gasteiger partial charge in [-0.1, -0.05) is 18.2 Å². The topological polar surface area (TPSA) is 40.2 Å². The van der Waals surface area contributed by atoms with Crippen LogP contribution in [0.2, 0.25) is 0 Å². The van der Waals surface area contributed by atoms with E-state index in [0.717, 1.165) is 31.7 Å². The molecule has 2 aromatic rings. The van der Waals surface area contributed by atoms with Gasteiger partial charge in [-0.05, 0) is 37.1 Å². The predicted molar refractivity (Wildman–Crippen MR) is 81.1 cm³/mol. The van der Waals surface area contributed by atoms with Crippen LogP contribution in [-0.2, 0) is 13.0 Å². The van der Waals surface area contributed by atoms with Crippen molar-refractivity contribution in [3.05, 3.63) is 53.9 Å². The third kappa shape index (κ3) is 2.73. The quantitative estimate of drug-likeness (QED) is 0.928. The second kappa shape index (κ2) is 5.71. The molecule has 0 amide bonds. The summed E-state index contributed by atoms with van der Waals surface area (Å²) in [6.07, 6.45) is 4.17. The highest BCUT2D eigenvalue weighted by Crippen LogP contribution is 2.34. The smallest absolute Gasteiger partial charge is 0.122 e. The van der Waals surface area contributed by atoms with Gasteiger partial charge in [0, 0.05) is 36.8 Å². The fraction of sp³-hybridized carbons (Fsp3) is 0.412. The van der Waals surface area contributed by atoms with Crippen molar-refractivity contribution in [2.45, 2.75) is 38.3 Å². The van der Waals surface area contributed by atoms with Crippen molar-refractivity contribution >= 4 is 0 Å². The van der Waals surface area contributed by atoms with Gasteiger partial charge in [0.25, 0.3) is 0 Å². The van der Waals surface area contributed by atoms with E-state index in [1.807, 2.05) is 6.07 Å². The number of para-hydroxylation sites is 1. The molecule has 2 N–H and O–H groups in total. The van der Waals surface area contributed by atoms with Crippen molar-refractivity contribution in [3.63, 3.8) is 0 Å². The van der Waals surface area contributed by atoms with Gasteiger partial charge in [-0.25, -0.2) is 0 Å². The highest BCUT2D eigenvalue weighted by atomic mass is 16.5. The summed E-state index contributed by atoms with van der Waals surface area (Å²) in [5, 5.41) is 0. The summed E-state index contributed by atoms with van der Waals surface area (Å²) < 4.78 is 8.08. The summed E-state index contributed by atoms with van der Waals surface area (Å²) in [6, 6.07) is 12.9. The van der Waals surface area contributed by atoms with Gasteiger partial charge in [-0.3, -0.25) is 0 Å². The van der Waals surface area contributed by atoms with Crippen molar-refractivity contribution in [1.29, 1.82) is 0 Å². The largest absolute Gasteiger partial charge is 0.493 e. The normalized spacial score (nSPS) is 19.2. The molecule has 0 bridgehead atoms. The summed E-state index contributed by atoms with van der Waals surface area (Å²) >= 11 is 0. The van der Waals surface area contributed by atoms with Gasteiger partial charge in [0.05, 0.1) is 6.61 Å². The molecule has 1 aliphatic heterocycles. The van der Waals surface area contributed by atoms with E-state index in [0.29, 0.717) is 5.92 Å². The Morgan fingerprint density at radius 2 is 2.15 bits per heavy atom. The van der Waals surface area contributed by atoms with Crippen molar-refractivity contribution in [3.8, 4) is 5.75 Å². The van der Waals surface area contributed by atoms with Crippen molar-refractivity contribution in [2.75, 3.05) is 6.61 Å². The first-order chi connectivity index (χ1) is 9.74. The molecule has 0 fully saturated rings. The van der Waals surface area contributed by atoms with Gasteiger partial charge in [0.15, 0.2) is 0 Å². The Morgan fingerprint density at radius 1 is 1.30 bits per heavy atom. The first-order valence-corrected chi connectivity index (χ1v) is 7.35. The van der Waals surface area contributed by atoms with Gasteiger partial charge in [-0.2, -0.15) is 0 Å². The van der Waals surface area contributed by atoms with E-state index in [1.165, 1.54) is 11.3 Å². The van der Waals surface area contributed by atoms with Crippen LogP contribution in [0.4, 0.5) is 0 Å². The fourth-order valence-corrected chi connectivity index (χ4v) is 2.99. The van der Waals surface area contributed by atoms with E-state index < -0.39 is 0 Å². The van der Waals surface area contributed by atoms with Crippen LogP contribution in [0, 0.1) is 0 Å². The minimum absolute atomic E-state index is 0.200. The van der Waals surface area contributed by atoms with E-state index in [1.54, 1.807) is 0 Å². The Labute approximate surface area is 120 Å². The maximum atomic E-state index is 5.93. The predicted octanol–water partition coefficient (Wildman–Crippen LogP) is 2.94. The zero-order chi connectivity index (χ0) is 13.9. The second-order valence-electron chi connectivity index (χ2n) is 5.71. The SMILES string of the molecule is CC(N)Cc1cccn1CC1CCOc2ccccc21. The lowest BCUT2D eigenvalue weighted by Crippen LogP contribution is -2.22. The summed E-state index contributed by atoms with van der Waals surface area (Å²) in [6.45, 7) is 3.88. The van der Waals surface area contributed by atoms with Crippen LogP contribution in [0.25, 0.3) is 0 Å². The van der Waals surface area contributed by atoms with Gasteiger partial charge in [0.1, 0.15) is 5.75 Å². The summed E-state index contributed by atoms with van der Waals surface area (Å²) in [5.41, 5.74) is 8.58. The lowest BCUT2D eigenvalue weighted by Gasteiger charge is -2.27. The number of nitrogens with two attached hydrogens (primary N) is 1. The summed E-state index contributed by atoms with van der Waals surface area (Å²) in [5.74, 6) is 1.57. The molecule has 3 heteroatoms. The average molecular weight is 270 g/mol. The molecule has 1 aromatic carbocycles. The molecule has 0 aliphatic carbocycles. The van der Waals surface area contributed by atoms with Crippen molar-refractivity contribution in [2.24, 2.45) is 5.73 Å². The molecule has 2 unspecified atom stereocenters. The molecule has 3 nitrogen and oxygen atoms in total. The molecule has 1 aromatic heterocycles. The minimum Gasteiger partial charge on any atom is -0.493 e. The van der Waals surface area contributed by atoms with Crippen LogP contribution in [0.1, 0.15) is 30.5 Å². The van der Waals surface area contributed by atoms with Crippen LogP contribution in [-0.4, -0.2) is 17.2 Å². The van der Waals surface area contributed by atoms with E-state index >= 15 is 0 Å². The fourth-order valence-electron chi connectivity index (χ4n) is 2.99. The molecule has 2 atom stereocenters. The van der Waals surface area contributed by atoms with Crippen LogP contribution in [0.5, 0.6) is 5.75 Å². The van der Waals surface area contributed by atoms with E-state index in [2.05, 4.69) is 48.0 Å². The zero-order valence-electron chi connectivity index (χ0n) is 12.0. The number of nitrogens with zero attached hydrogens (tertiary/aromatic N) is 1. The molecule has 1 aliphatic rings. The molecule has 0 spiro atoms. The molecule has 0 saturated carbocycles. The second-order valence-corrected chi connectivity index (χ2v) is 5.71. The van der Waals surface area contributed by atoms with Gasteiger partial charge in [-0.15, -0.1) is 0 Å². The van der Waals surface area contributed by atoms with E-state index in [-0.39, 0.29) is 6.04 Å². The number of ether oxygens (including phenoxy) is 1. The third-order valence-electron chi connectivity index (χ3n) is 3.95. The van der Waals surface area contributed by atoms with Gasteiger partial charge >= 0.3 is 0 Å². The average Bonchev–Trinajstić information content (AvgIpc) is 2.86. The Morgan fingerprint density at radius 3 is 3.00 bits per heavy atom. The number of rotatable bonds is 4. The van der Waals surface area contributed by atoms with Gasteiger partial charge < -0.3 is 15.0 Å². The lowest BCUT2D eigenvalue weighted by atomic mass is 9.93. The number of aromatic nitrogens is 1. The maximum Gasteiger partial charge on any atom is 0.122 e. The molecule has 3 rings (SSSR count). The Balaban J connectivity index is 1.81. The monoisotopic (exact) mass is 270 g/mol. The Kier molecular flexibility index (Phi) is 3.79. The molecule has 2 heterocycles. The van der Waals surface area contributed by atoms with Crippen molar-refractivity contribution < 1.29 is 4.74 Å². The number of fused-ring (bicyclic) bond motifs is 1. The van der Waals surface area contributed by atoms with Crippen LogP contribution in [0.3, 0.4) is 0 Å². The Hall–Kier alpha value is -1.74. The highest BCUT2D eigenvalue weighted by Gasteiger charge is 2.21. The van der Waals surface area contributed by atoms with Gasteiger partial charge in [0.2, 0.25) is 0 Å².